The van der Waals surface area contributed by atoms with Crippen LogP contribution in [-0.2, 0) is 10.0 Å². The van der Waals surface area contributed by atoms with E-state index in [2.05, 4.69) is 31.2 Å². The molecule has 0 unspecified atom stereocenters. The van der Waals surface area contributed by atoms with Crippen LogP contribution < -0.4 is 5.32 Å². The van der Waals surface area contributed by atoms with Gasteiger partial charge in [0.05, 0.1) is 20.7 Å². The number of fused-ring (bicyclic) bond motifs is 1. The van der Waals surface area contributed by atoms with E-state index in [0.29, 0.717) is 38.5 Å². The van der Waals surface area contributed by atoms with Gasteiger partial charge in [-0.2, -0.15) is 4.31 Å². The third kappa shape index (κ3) is 5.88. The van der Waals surface area contributed by atoms with Crippen molar-refractivity contribution in [1.29, 1.82) is 0 Å². The first kappa shape index (κ1) is 23.8. The number of thiazole rings is 1. The zero-order valence-electron chi connectivity index (χ0n) is 17.8. The lowest BCUT2D eigenvalue weighted by Crippen LogP contribution is -2.37. The number of anilines is 1. The molecule has 1 N–H and O–H groups in total. The maximum Gasteiger partial charge on any atom is 0.259 e. The molecule has 0 bridgehead atoms. The summed E-state index contributed by atoms with van der Waals surface area (Å²) < 4.78 is 29.5. The molecule has 0 aliphatic rings. The average Bonchev–Trinajstić information content (AvgIpc) is 3.08. The van der Waals surface area contributed by atoms with Crippen LogP contribution in [0.2, 0.25) is 0 Å². The van der Waals surface area contributed by atoms with Crippen molar-refractivity contribution in [3.63, 3.8) is 0 Å². The molecular formula is C21H25BrN4O3S2. The molecule has 3 aromatic rings. The summed E-state index contributed by atoms with van der Waals surface area (Å²) in [6, 6.07) is 6.55. The van der Waals surface area contributed by atoms with Crippen molar-refractivity contribution in [3.05, 3.63) is 46.7 Å². The normalized spacial score (nSPS) is 12.3. The van der Waals surface area contributed by atoms with Crippen LogP contribution in [0.4, 0.5) is 5.13 Å². The van der Waals surface area contributed by atoms with Gasteiger partial charge in [0.1, 0.15) is 0 Å². The molecule has 0 aliphatic heterocycles. The van der Waals surface area contributed by atoms with E-state index in [-0.39, 0.29) is 22.6 Å². The van der Waals surface area contributed by atoms with Crippen molar-refractivity contribution >= 4 is 58.5 Å². The highest BCUT2D eigenvalue weighted by Gasteiger charge is 2.26. The summed E-state index contributed by atoms with van der Waals surface area (Å²) in [6.45, 7) is 8.94. The van der Waals surface area contributed by atoms with E-state index < -0.39 is 10.0 Å². The highest BCUT2D eigenvalue weighted by molar-refractivity contribution is 9.10. The van der Waals surface area contributed by atoms with Crippen LogP contribution >= 0.6 is 27.3 Å². The Morgan fingerprint density at radius 3 is 2.42 bits per heavy atom. The lowest BCUT2D eigenvalue weighted by Gasteiger charge is -2.25. The first-order valence-corrected chi connectivity index (χ1v) is 12.9. The number of carbonyl (C=O) groups excluding carboxylic acids is 1. The minimum atomic E-state index is -3.63. The number of nitrogens with one attached hydrogen (secondary N) is 1. The van der Waals surface area contributed by atoms with Gasteiger partial charge < -0.3 is 0 Å². The van der Waals surface area contributed by atoms with E-state index in [1.807, 2.05) is 27.7 Å². The number of pyridine rings is 1. The topological polar surface area (TPSA) is 92.3 Å². The third-order valence-corrected chi connectivity index (χ3v) is 7.52. The zero-order valence-corrected chi connectivity index (χ0v) is 21.0. The van der Waals surface area contributed by atoms with Gasteiger partial charge >= 0.3 is 0 Å². The predicted molar refractivity (Wildman–Crippen MR) is 128 cm³/mol. The van der Waals surface area contributed by atoms with E-state index in [4.69, 9.17) is 0 Å². The number of rotatable bonds is 8. The van der Waals surface area contributed by atoms with Crippen molar-refractivity contribution in [2.75, 3.05) is 18.4 Å². The Morgan fingerprint density at radius 2 is 1.81 bits per heavy atom. The maximum atomic E-state index is 13.3. The van der Waals surface area contributed by atoms with Gasteiger partial charge in [0.2, 0.25) is 10.0 Å². The number of sulfonamides is 1. The van der Waals surface area contributed by atoms with Crippen LogP contribution in [0.1, 0.15) is 38.1 Å². The van der Waals surface area contributed by atoms with Crippen LogP contribution in [0.15, 0.2) is 46.0 Å². The summed E-state index contributed by atoms with van der Waals surface area (Å²) in [5.41, 5.74) is 1.03. The standard InChI is InChI=1S/C21H25BrN4O3S2/c1-13(2)11-26(12-14(3)4)31(28,29)17-5-6-18-19(8-17)30-21(24-18)25-20(27)15-7-16(22)10-23-9-15/h5-10,13-14H,11-12H2,1-4H3,(H,24,25,27). The Morgan fingerprint density at radius 1 is 1.13 bits per heavy atom. The molecular weight excluding hydrogens is 500 g/mol. The monoisotopic (exact) mass is 524 g/mol. The van der Waals surface area contributed by atoms with E-state index in [1.54, 1.807) is 34.8 Å². The fourth-order valence-corrected chi connectivity index (χ4v) is 6.19. The average molecular weight is 525 g/mol. The van der Waals surface area contributed by atoms with Gasteiger partial charge in [-0.15, -0.1) is 0 Å². The molecule has 0 aliphatic carbocycles. The molecule has 166 valence electrons. The molecule has 0 saturated carbocycles. The van der Waals surface area contributed by atoms with Gasteiger partial charge in [-0.05, 0) is 52.0 Å². The molecule has 2 heterocycles. The second-order valence-corrected chi connectivity index (χ2v) is 12.0. The molecule has 3 rings (SSSR count). The number of carbonyl (C=O) groups is 1. The molecule has 2 aromatic heterocycles. The molecule has 7 nitrogen and oxygen atoms in total. The Hall–Kier alpha value is -1.88. The van der Waals surface area contributed by atoms with Crippen molar-refractivity contribution < 1.29 is 13.2 Å². The molecule has 0 saturated heterocycles. The SMILES string of the molecule is CC(C)CN(CC(C)C)S(=O)(=O)c1ccc2nc(NC(=O)c3cncc(Br)c3)sc2c1. The van der Waals surface area contributed by atoms with E-state index >= 15 is 0 Å². The molecule has 0 atom stereocenters. The summed E-state index contributed by atoms with van der Waals surface area (Å²) in [5, 5.41) is 3.15. The predicted octanol–water partition coefficient (Wildman–Crippen LogP) is 5.01. The zero-order chi connectivity index (χ0) is 22.8. The Labute approximate surface area is 195 Å². The minimum absolute atomic E-state index is 0.218. The lowest BCUT2D eigenvalue weighted by molar-refractivity contribution is 0.102. The fourth-order valence-electron chi connectivity index (χ4n) is 3.06. The van der Waals surface area contributed by atoms with E-state index in [0.717, 1.165) is 0 Å². The van der Waals surface area contributed by atoms with Gasteiger partial charge in [0, 0.05) is 30.0 Å². The second-order valence-electron chi connectivity index (χ2n) is 8.10. The van der Waals surface area contributed by atoms with Crippen LogP contribution in [0.25, 0.3) is 10.2 Å². The third-order valence-electron chi connectivity index (χ3n) is 4.32. The number of amides is 1. The number of benzene rings is 1. The summed E-state index contributed by atoms with van der Waals surface area (Å²) in [4.78, 5) is 21.1. The maximum absolute atomic E-state index is 13.3. The highest BCUT2D eigenvalue weighted by Crippen LogP contribution is 2.30. The second kappa shape index (κ2) is 9.72. The van der Waals surface area contributed by atoms with Crippen LogP contribution in [-0.4, -0.2) is 41.7 Å². The quantitative estimate of drug-likeness (QED) is 0.447. The van der Waals surface area contributed by atoms with Gasteiger partial charge in [0.15, 0.2) is 5.13 Å². The van der Waals surface area contributed by atoms with Gasteiger partial charge in [-0.3, -0.25) is 15.1 Å². The van der Waals surface area contributed by atoms with Crippen LogP contribution in [0.3, 0.4) is 0 Å². The van der Waals surface area contributed by atoms with Crippen molar-refractivity contribution in [3.8, 4) is 0 Å². The lowest BCUT2D eigenvalue weighted by atomic mass is 10.2. The Bertz CT molecular complexity index is 1180. The van der Waals surface area contributed by atoms with E-state index in [1.165, 1.54) is 17.5 Å². The number of halogens is 1. The van der Waals surface area contributed by atoms with Crippen molar-refractivity contribution in [1.82, 2.24) is 14.3 Å². The van der Waals surface area contributed by atoms with Crippen molar-refractivity contribution in [2.45, 2.75) is 32.6 Å². The van der Waals surface area contributed by atoms with Crippen LogP contribution in [0, 0.1) is 11.8 Å². The summed E-state index contributed by atoms with van der Waals surface area (Å²) in [6.07, 6.45) is 3.06. The molecule has 1 aromatic carbocycles. The first-order valence-electron chi connectivity index (χ1n) is 9.89. The summed E-state index contributed by atoms with van der Waals surface area (Å²) in [5.74, 6) is 0.103. The number of hydrogen-bond donors (Lipinski definition) is 1. The molecule has 0 fully saturated rings. The Kier molecular flexibility index (Phi) is 7.46. The molecule has 10 heteroatoms. The van der Waals surface area contributed by atoms with Gasteiger partial charge in [0.25, 0.3) is 5.91 Å². The van der Waals surface area contributed by atoms with E-state index in [9.17, 15) is 13.2 Å². The van der Waals surface area contributed by atoms with Gasteiger partial charge in [-0.25, -0.2) is 13.4 Å². The fraction of sp³-hybridized carbons (Fsp3) is 0.381. The Balaban J connectivity index is 1.88. The first-order chi connectivity index (χ1) is 14.6. The number of hydrogen-bond acceptors (Lipinski definition) is 6. The smallest absolute Gasteiger partial charge is 0.259 e. The number of nitrogens with zero attached hydrogens (tertiary/aromatic N) is 3. The number of aromatic nitrogens is 2. The molecule has 0 radical (unpaired) electrons. The van der Waals surface area contributed by atoms with Crippen molar-refractivity contribution in [2.24, 2.45) is 11.8 Å². The molecule has 1 amide bonds. The van der Waals surface area contributed by atoms with Gasteiger partial charge in [-0.1, -0.05) is 39.0 Å². The summed E-state index contributed by atoms with van der Waals surface area (Å²) >= 11 is 4.53. The molecule has 0 spiro atoms. The van der Waals surface area contributed by atoms with Crippen LogP contribution in [0.5, 0.6) is 0 Å². The summed E-state index contributed by atoms with van der Waals surface area (Å²) in [7, 11) is -3.63. The largest absolute Gasteiger partial charge is 0.298 e. The highest BCUT2D eigenvalue weighted by atomic mass is 79.9. The molecule has 31 heavy (non-hydrogen) atoms. The minimum Gasteiger partial charge on any atom is -0.298 e.